The lowest BCUT2D eigenvalue weighted by atomic mass is 9.91. The molecular formula is C17H16N2O6S. The number of amides is 1. The maximum atomic E-state index is 12.6. The number of likely N-dealkylation sites (tertiary alicyclic amines) is 1. The van der Waals surface area contributed by atoms with E-state index < -0.39 is 11.6 Å². The number of benzene rings is 1. The van der Waals surface area contributed by atoms with Crippen LogP contribution in [0.2, 0.25) is 0 Å². The van der Waals surface area contributed by atoms with Gasteiger partial charge in [0.25, 0.3) is 5.91 Å². The number of rotatable bonds is 3. The first-order valence-electron chi connectivity index (χ1n) is 8.07. The van der Waals surface area contributed by atoms with E-state index in [1.807, 2.05) is 12.1 Å². The van der Waals surface area contributed by atoms with Crippen LogP contribution in [0, 0.1) is 0 Å². The molecule has 8 nitrogen and oxygen atoms in total. The third-order valence-corrected chi connectivity index (χ3v) is 5.51. The Morgan fingerprint density at radius 1 is 1.19 bits per heavy atom. The Morgan fingerprint density at radius 2 is 1.92 bits per heavy atom. The van der Waals surface area contributed by atoms with Gasteiger partial charge in [-0.05, 0) is 18.2 Å². The first-order chi connectivity index (χ1) is 12.5. The van der Waals surface area contributed by atoms with Crippen LogP contribution in [0.4, 0.5) is 0 Å². The standard InChI is InChI=1S/C17H16N2O6S/c20-15(19-5-3-17(23,4-6-19)16(21)22)11-8-26-14(18-11)10-1-2-12-13(7-10)25-9-24-12/h1-2,7-8,23H,3-6,9H2,(H,21,22). The van der Waals surface area contributed by atoms with E-state index in [4.69, 9.17) is 14.6 Å². The Hall–Kier alpha value is -2.65. The fraction of sp³-hybridized carbons (Fsp3) is 0.353. The van der Waals surface area contributed by atoms with Gasteiger partial charge in [-0.2, -0.15) is 0 Å². The van der Waals surface area contributed by atoms with Crippen molar-refractivity contribution < 1.29 is 29.3 Å². The number of carbonyl (C=O) groups is 2. The monoisotopic (exact) mass is 376 g/mol. The maximum absolute atomic E-state index is 12.6. The summed E-state index contributed by atoms with van der Waals surface area (Å²) < 4.78 is 10.6. The molecule has 4 rings (SSSR count). The predicted molar refractivity (Wildman–Crippen MR) is 91.4 cm³/mol. The molecular weight excluding hydrogens is 360 g/mol. The molecule has 0 saturated carbocycles. The van der Waals surface area contributed by atoms with Crippen molar-refractivity contribution >= 4 is 23.2 Å². The average molecular weight is 376 g/mol. The predicted octanol–water partition coefficient (Wildman–Crippen LogP) is 1.59. The molecule has 2 aliphatic rings. The Bertz CT molecular complexity index is 872. The molecule has 3 heterocycles. The van der Waals surface area contributed by atoms with Crippen LogP contribution in [0.1, 0.15) is 23.3 Å². The van der Waals surface area contributed by atoms with E-state index >= 15 is 0 Å². The molecule has 0 radical (unpaired) electrons. The molecule has 2 aliphatic heterocycles. The largest absolute Gasteiger partial charge is 0.479 e. The fourth-order valence-electron chi connectivity index (χ4n) is 2.99. The third kappa shape index (κ3) is 2.89. The Balaban J connectivity index is 1.48. The molecule has 1 amide bonds. The Morgan fingerprint density at radius 3 is 2.65 bits per heavy atom. The topological polar surface area (TPSA) is 109 Å². The molecule has 1 fully saturated rings. The van der Waals surface area contributed by atoms with E-state index in [-0.39, 0.29) is 38.6 Å². The third-order valence-electron chi connectivity index (χ3n) is 4.62. The van der Waals surface area contributed by atoms with Gasteiger partial charge in [0.1, 0.15) is 10.7 Å². The molecule has 26 heavy (non-hydrogen) atoms. The number of carbonyl (C=O) groups excluding carboxylic acids is 1. The number of carboxylic acids is 1. The average Bonchev–Trinajstić information content (AvgIpc) is 3.30. The zero-order valence-corrected chi connectivity index (χ0v) is 14.5. The summed E-state index contributed by atoms with van der Waals surface area (Å²) in [6.07, 6.45) is 0.0143. The molecule has 1 aromatic carbocycles. The quantitative estimate of drug-likeness (QED) is 0.837. The van der Waals surface area contributed by atoms with Crippen LogP contribution < -0.4 is 9.47 Å². The number of hydrogen-bond donors (Lipinski definition) is 2. The lowest BCUT2D eigenvalue weighted by Crippen LogP contribution is -2.50. The summed E-state index contributed by atoms with van der Waals surface area (Å²) in [5.74, 6) is -0.181. The summed E-state index contributed by atoms with van der Waals surface area (Å²) in [6.45, 7) is 0.551. The number of thiazole rings is 1. The normalized spacial score (nSPS) is 18.0. The van der Waals surface area contributed by atoms with Gasteiger partial charge in [-0.15, -0.1) is 11.3 Å². The fourth-order valence-corrected chi connectivity index (χ4v) is 3.78. The van der Waals surface area contributed by atoms with Crippen LogP contribution in [0.25, 0.3) is 10.6 Å². The lowest BCUT2D eigenvalue weighted by Gasteiger charge is -2.34. The van der Waals surface area contributed by atoms with Crippen molar-refractivity contribution in [3.63, 3.8) is 0 Å². The second kappa shape index (κ2) is 6.26. The number of fused-ring (bicyclic) bond motifs is 1. The van der Waals surface area contributed by atoms with Crippen LogP contribution in [0.5, 0.6) is 11.5 Å². The number of hydrogen-bond acceptors (Lipinski definition) is 7. The molecule has 1 saturated heterocycles. The number of aliphatic hydroxyl groups is 1. The minimum Gasteiger partial charge on any atom is -0.479 e. The van der Waals surface area contributed by atoms with Crippen molar-refractivity contribution in [2.45, 2.75) is 18.4 Å². The van der Waals surface area contributed by atoms with E-state index in [0.29, 0.717) is 22.2 Å². The number of nitrogens with zero attached hydrogens (tertiary/aromatic N) is 2. The molecule has 0 spiro atoms. The molecule has 0 aliphatic carbocycles. The summed E-state index contributed by atoms with van der Waals surface area (Å²) >= 11 is 1.35. The highest BCUT2D eigenvalue weighted by molar-refractivity contribution is 7.13. The van der Waals surface area contributed by atoms with Gasteiger partial charge in [0.2, 0.25) is 6.79 Å². The van der Waals surface area contributed by atoms with Crippen molar-refractivity contribution in [1.29, 1.82) is 0 Å². The van der Waals surface area contributed by atoms with Crippen molar-refractivity contribution in [3.8, 4) is 22.1 Å². The van der Waals surface area contributed by atoms with Gasteiger partial charge < -0.3 is 24.6 Å². The molecule has 0 unspecified atom stereocenters. The summed E-state index contributed by atoms with van der Waals surface area (Å²) in [7, 11) is 0. The van der Waals surface area contributed by atoms with Crippen molar-refractivity contribution in [2.24, 2.45) is 0 Å². The van der Waals surface area contributed by atoms with Crippen molar-refractivity contribution in [2.75, 3.05) is 19.9 Å². The molecule has 2 aromatic rings. The SMILES string of the molecule is O=C(c1csc(-c2ccc3c(c2)OCO3)n1)N1CCC(O)(C(=O)O)CC1. The van der Waals surface area contributed by atoms with Gasteiger partial charge in [-0.3, -0.25) is 4.79 Å². The number of aromatic nitrogens is 1. The first-order valence-corrected chi connectivity index (χ1v) is 8.95. The molecule has 2 N–H and O–H groups in total. The van der Waals surface area contributed by atoms with Crippen LogP contribution >= 0.6 is 11.3 Å². The van der Waals surface area contributed by atoms with Gasteiger partial charge in [0, 0.05) is 36.9 Å². The van der Waals surface area contributed by atoms with E-state index in [0.717, 1.165) is 5.56 Å². The smallest absolute Gasteiger partial charge is 0.335 e. The molecule has 136 valence electrons. The second-order valence-electron chi connectivity index (χ2n) is 6.23. The van der Waals surface area contributed by atoms with Crippen molar-refractivity contribution in [1.82, 2.24) is 9.88 Å². The highest BCUT2D eigenvalue weighted by Gasteiger charge is 2.40. The van der Waals surface area contributed by atoms with E-state index in [1.165, 1.54) is 16.2 Å². The van der Waals surface area contributed by atoms with Gasteiger partial charge >= 0.3 is 5.97 Å². The summed E-state index contributed by atoms with van der Waals surface area (Å²) in [5, 5.41) is 21.4. The Kier molecular flexibility index (Phi) is 4.04. The van der Waals surface area contributed by atoms with Gasteiger partial charge in [0.05, 0.1) is 0 Å². The zero-order valence-electron chi connectivity index (χ0n) is 13.7. The van der Waals surface area contributed by atoms with Gasteiger partial charge in [-0.25, -0.2) is 9.78 Å². The highest BCUT2D eigenvalue weighted by Crippen LogP contribution is 2.36. The summed E-state index contributed by atoms with van der Waals surface area (Å²) in [4.78, 5) is 29.6. The van der Waals surface area contributed by atoms with E-state index in [2.05, 4.69) is 4.98 Å². The number of carboxylic acid groups (broad SMARTS) is 1. The Labute approximate surface area is 152 Å². The molecule has 0 bridgehead atoms. The van der Waals surface area contributed by atoms with E-state index in [1.54, 1.807) is 11.4 Å². The van der Waals surface area contributed by atoms with Crippen LogP contribution in [-0.4, -0.2) is 57.5 Å². The second-order valence-corrected chi connectivity index (χ2v) is 7.09. The van der Waals surface area contributed by atoms with Crippen molar-refractivity contribution in [3.05, 3.63) is 29.3 Å². The van der Waals surface area contributed by atoms with Gasteiger partial charge in [-0.1, -0.05) is 0 Å². The zero-order chi connectivity index (χ0) is 18.3. The summed E-state index contributed by atoms with van der Waals surface area (Å²) in [5.41, 5.74) is -0.614. The molecule has 0 atom stereocenters. The molecule has 9 heteroatoms. The van der Waals surface area contributed by atoms with Crippen LogP contribution in [-0.2, 0) is 4.79 Å². The maximum Gasteiger partial charge on any atom is 0.335 e. The van der Waals surface area contributed by atoms with Gasteiger partial charge in [0.15, 0.2) is 17.1 Å². The number of ether oxygens (including phenoxy) is 2. The number of aliphatic carboxylic acids is 1. The van der Waals surface area contributed by atoms with Crippen LogP contribution in [0.3, 0.4) is 0 Å². The lowest BCUT2D eigenvalue weighted by molar-refractivity contribution is -0.162. The molecule has 1 aromatic heterocycles. The first kappa shape index (κ1) is 16.8. The van der Waals surface area contributed by atoms with Crippen LogP contribution in [0.15, 0.2) is 23.6 Å². The minimum absolute atomic E-state index is 0.00717. The minimum atomic E-state index is -1.75. The highest BCUT2D eigenvalue weighted by atomic mass is 32.1. The van der Waals surface area contributed by atoms with E-state index in [9.17, 15) is 14.7 Å². The number of piperidine rings is 1. The summed E-state index contributed by atoms with van der Waals surface area (Å²) in [6, 6.07) is 5.48.